The van der Waals surface area contributed by atoms with Gasteiger partial charge >= 0.3 is 0 Å². The van der Waals surface area contributed by atoms with Gasteiger partial charge in [0.05, 0.1) is 18.5 Å². The van der Waals surface area contributed by atoms with Crippen LogP contribution in [-0.2, 0) is 11.3 Å². The van der Waals surface area contributed by atoms with E-state index in [-0.39, 0.29) is 24.4 Å². The number of methoxy groups -OCH3 is 1. The van der Waals surface area contributed by atoms with Crippen molar-refractivity contribution in [2.75, 3.05) is 12.0 Å². The molecule has 1 aromatic carbocycles. The van der Waals surface area contributed by atoms with Crippen LogP contribution in [0.15, 0.2) is 47.8 Å². The number of rotatable bonds is 5. The molecule has 166 valence electrons. The van der Waals surface area contributed by atoms with Gasteiger partial charge in [-0.1, -0.05) is 18.9 Å². The third-order valence-electron chi connectivity index (χ3n) is 6.44. The highest BCUT2D eigenvalue weighted by Gasteiger charge is 2.49. The molecule has 0 radical (unpaired) electrons. The van der Waals surface area contributed by atoms with E-state index in [0.29, 0.717) is 17.1 Å². The van der Waals surface area contributed by atoms with Crippen molar-refractivity contribution in [3.8, 4) is 16.3 Å². The molecule has 8 heteroatoms. The van der Waals surface area contributed by atoms with Gasteiger partial charge in [-0.2, -0.15) is 5.10 Å². The number of fused-ring (bicyclic) bond motifs is 1. The zero-order valence-electron chi connectivity index (χ0n) is 18.2. The minimum absolute atomic E-state index is 0.146. The number of amides is 2. The molecule has 0 unspecified atom stereocenters. The topological polar surface area (TPSA) is 76.5 Å². The molecule has 2 amide bonds. The van der Waals surface area contributed by atoms with Gasteiger partial charge in [0.1, 0.15) is 22.7 Å². The van der Waals surface area contributed by atoms with E-state index in [2.05, 4.69) is 10.4 Å². The van der Waals surface area contributed by atoms with Crippen molar-refractivity contribution >= 4 is 28.8 Å². The Morgan fingerprint density at radius 1 is 1.22 bits per heavy atom. The summed E-state index contributed by atoms with van der Waals surface area (Å²) in [6.07, 6.45) is 4.20. The summed E-state index contributed by atoms with van der Waals surface area (Å²) in [5, 5.41) is 9.87. The van der Waals surface area contributed by atoms with Gasteiger partial charge < -0.3 is 10.1 Å². The minimum Gasteiger partial charge on any atom is -0.497 e. The molecule has 0 bridgehead atoms. The molecule has 1 fully saturated rings. The van der Waals surface area contributed by atoms with E-state index in [1.807, 2.05) is 42.6 Å². The molecule has 3 aromatic rings. The van der Waals surface area contributed by atoms with E-state index in [4.69, 9.17) is 4.74 Å². The van der Waals surface area contributed by atoms with Crippen LogP contribution in [0.2, 0.25) is 0 Å². The lowest BCUT2D eigenvalue weighted by Gasteiger charge is -2.43. The Balaban J connectivity index is 1.57. The number of hydrogen-bond acceptors (Lipinski definition) is 5. The molecule has 2 aliphatic rings. The Morgan fingerprint density at radius 3 is 2.62 bits per heavy atom. The summed E-state index contributed by atoms with van der Waals surface area (Å²) >= 11 is 1.58. The fourth-order valence-corrected chi connectivity index (χ4v) is 5.35. The van der Waals surface area contributed by atoms with Gasteiger partial charge in [0, 0.05) is 11.7 Å². The Bertz CT molecular complexity index is 1130. The molecule has 1 N–H and O–H groups in total. The number of aromatic nitrogens is 2. The Hall–Kier alpha value is -3.13. The van der Waals surface area contributed by atoms with Crippen molar-refractivity contribution in [3.63, 3.8) is 0 Å². The quantitative estimate of drug-likeness (QED) is 0.635. The van der Waals surface area contributed by atoms with E-state index < -0.39 is 5.54 Å². The molecule has 5 rings (SSSR count). The minimum atomic E-state index is -1.11. The van der Waals surface area contributed by atoms with E-state index in [9.17, 15) is 9.59 Å². The first-order valence-corrected chi connectivity index (χ1v) is 11.8. The maximum atomic E-state index is 13.8. The van der Waals surface area contributed by atoms with Crippen molar-refractivity contribution < 1.29 is 14.3 Å². The molecule has 0 saturated heterocycles. The van der Waals surface area contributed by atoms with Crippen LogP contribution in [0.4, 0.5) is 5.69 Å². The van der Waals surface area contributed by atoms with Crippen LogP contribution in [0.1, 0.15) is 43.1 Å². The third-order valence-corrected chi connectivity index (χ3v) is 7.33. The smallest absolute Gasteiger partial charge is 0.277 e. The average molecular weight is 451 g/mol. The van der Waals surface area contributed by atoms with E-state index >= 15 is 0 Å². The predicted molar refractivity (Wildman–Crippen MR) is 124 cm³/mol. The molecule has 1 aliphatic heterocycles. The number of nitrogens with zero attached hydrogens (tertiary/aromatic N) is 3. The first kappa shape index (κ1) is 20.8. The molecular formula is C24H26N4O3S. The maximum absolute atomic E-state index is 13.8. The Labute approximate surface area is 191 Å². The normalized spacial score (nSPS) is 20.9. The van der Waals surface area contributed by atoms with Crippen molar-refractivity contribution in [1.29, 1.82) is 0 Å². The molecule has 1 atom stereocenters. The second-order valence-electron chi connectivity index (χ2n) is 8.62. The second-order valence-corrected chi connectivity index (χ2v) is 9.56. The molecule has 3 heterocycles. The lowest BCUT2D eigenvalue weighted by atomic mass is 9.93. The number of anilines is 1. The van der Waals surface area contributed by atoms with Crippen LogP contribution in [0, 0.1) is 0 Å². The monoisotopic (exact) mass is 450 g/mol. The number of hydrogen-bond donors (Lipinski definition) is 1. The van der Waals surface area contributed by atoms with E-state index in [1.165, 1.54) is 0 Å². The zero-order valence-corrected chi connectivity index (χ0v) is 19.0. The van der Waals surface area contributed by atoms with Crippen LogP contribution >= 0.6 is 11.3 Å². The van der Waals surface area contributed by atoms with Crippen molar-refractivity contribution in [2.24, 2.45) is 0 Å². The van der Waals surface area contributed by atoms with E-state index in [1.54, 1.807) is 40.2 Å². The Kier molecular flexibility index (Phi) is 5.25. The zero-order chi connectivity index (χ0) is 22.3. The number of carbonyl (C=O) groups excluding carboxylic acids is 2. The van der Waals surface area contributed by atoms with Crippen LogP contribution in [0.3, 0.4) is 0 Å². The standard InChI is InChI=1S/C24H26N4O3S/c1-24(23(30)25-16-6-3-4-7-16)15-27-20(14-19(26-27)21-8-5-13-32-21)22(29)28(24)17-9-11-18(31-2)12-10-17/h5,8-14,16H,3-4,6-7,15H2,1-2H3,(H,25,30)/t24-/m0/s1. The summed E-state index contributed by atoms with van der Waals surface area (Å²) in [7, 11) is 1.60. The van der Waals surface area contributed by atoms with Gasteiger partial charge in [0.25, 0.3) is 5.91 Å². The van der Waals surface area contributed by atoms with Gasteiger partial charge in [-0.15, -0.1) is 11.3 Å². The third kappa shape index (κ3) is 3.48. The summed E-state index contributed by atoms with van der Waals surface area (Å²) < 4.78 is 6.96. The van der Waals surface area contributed by atoms with Gasteiger partial charge in [0.2, 0.25) is 5.91 Å². The van der Waals surface area contributed by atoms with Crippen molar-refractivity contribution in [2.45, 2.75) is 50.7 Å². The predicted octanol–water partition coefficient (Wildman–Crippen LogP) is 4.10. The van der Waals surface area contributed by atoms with E-state index in [0.717, 1.165) is 36.3 Å². The van der Waals surface area contributed by atoms with Gasteiger partial charge in [-0.3, -0.25) is 19.2 Å². The molecule has 1 saturated carbocycles. The van der Waals surface area contributed by atoms with Gasteiger partial charge in [0.15, 0.2) is 0 Å². The summed E-state index contributed by atoms with van der Waals surface area (Å²) in [5.74, 6) is 0.313. The van der Waals surface area contributed by atoms with Crippen LogP contribution in [0.25, 0.3) is 10.6 Å². The van der Waals surface area contributed by atoms with Crippen molar-refractivity contribution in [3.05, 3.63) is 53.5 Å². The summed E-state index contributed by atoms with van der Waals surface area (Å²) in [4.78, 5) is 30.0. The largest absolute Gasteiger partial charge is 0.497 e. The Morgan fingerprint density at radius 2 is 1.97 bits per heavy atom. The first-order chi connectivity index (χ1) is 15.5. The fourth-order valence-electron chi connectivity index (χ4n) is 4.67. The highest BCUT2D eigenvalue weighted by molar-refractivity contribution is 7.13. The molecule has 7 nitrogen and oxygen atoms in total. The number of benzene rings is 1. The molecule has 0 spiro atoms. The number of nitrogens with one attached hydrogen (secondary N) is 1. The summed E-state index contributed by atoms with van der Waals surface area (Å²) in [5.41, 5.74) is 0.777. The van der Waals surface area contributed by atoms with Crippen LogP contribution in [-0.4, -0.2) is 40.3 Å². The molecule has 32 heavy (non-hydrogen) atoms. The highest BCUT2D eigenvalue weighted by atomic mass is 32.1. The second kappa shape index (κ2) is 8.09. The highest BCUT2D eigenvalue weighted by Crippen LogP contribution is 2.36. The van der Waals surface area contributed by atoms with Crippen LogP contribution in [0.5, 0.6) is 5.75 Å². The number of ether oxygens (including phenoxy) is 1. The number of carbonyl (C=O) groups is 2. The number of thiophene rings is 1. The van der Waals surface area contributed by atoms with Gasteiger partial charge in [-0.25, -0.2) is 0 Å². The summed E-state index contributed by atoms with van der Waals surface area (Å²) in [6.45, 7) is 2.11. The lowest BCUT2D eigenvalue weighted by Crippen LogP contribution is -2.65. The first-order valence-electron chi connectivity index (χ1n) is 10.9. The SMILES string of the molecule is COc1ccc(N2C(=O)c3cc(-c4cccs4)nn3C[C@@]2(C)C(=O)NC2CCCC2)cc1. The fraction of sp³-hybridized carbons (Fsp3) is 0.375. The summed E-state index contributed by atoms with van der Waals surface area (Å²) in [6, 6.07) is 13.2. The molecule has 1 aliphatic carbocycles. The average Bonchev–Trinajstić information content (AvgIpc) is 3.55. The lowest BCUT2D eigenvalue weighted by molar-refractivity contribution is -0.127. The van der Waals surface area contributed by atoms with Crippen molar-refractivity contribution in [1.82, 2.24) is 15.1 Å². The molecule has 2 aromatic heterocycles. The molecular weight excluding hydrogens is 424 g/mol. The van der Waals surface area contributed by atoms with Crippen LogP contribution < -0.4 is 15.0 Å². The van der Waals surface area contributed by atoms with Gasteiger partial charge in [-0.05, 0) is 61.5 Å². The maximum Gasteiger partial charge on any atom is 0.277 e.